The number of ether oxygens (including phenoxy) is 3. The van der Waals surface area contributed by atoms with Crippen molar-refractivity contribution in [2.45, 2.75) is 104 Å². The second kappa shape index (κ2) is 19.6. The monoisotopic (exact) mass is 933 g/mol. The van der Waals surface area contributed by atoms with Gasteiger partial charge >= 0.3 is 5.97 Å². The van der Waals surface area contributed by atoms with Gasteiger partial charge in [0, 0.05) is 104 Å². The molecule has 4 aliphatic heterocycles. The number of fused-ring (bicyclic) bond motifs is 5. The molecule has 0 spiro atoms. The number of carbonyl (C=O) groups excluding carboxylic acids is 3. The molecule has 16 heteroatoms. The Hall–Kier alpha value is -4.87. The number of pyridine rings is 2. The van der Waals surface area contributed by atoms with Crippen molar-refractivity contribution < 1.29 is 28.6 Å². The molecule has 6 bridgehead atoms. The number of esters is 1. The maximum absolute atomic E-state index is 14.9. The first-order chi connectivity index (χ1) is 32.3. The van der Waals surface area contributed by atoms with E-state index < -0.39 is 29.6 Å². The molecule has 1 saturated carbocycles. The summed E-state index contributed by atoms with van der Waals surface area (Å²) in [6.45, 7) is 17.8. The topological polar surface area (TPSA) is 156 Å². The van der Waals surface area contributed by atoms with Crippen LogP contribution in [0.5, 0.6) is 0 Å². The number of cyclic esters (lactones) is 1. The van der Waals surface area contributed by atoms with E-state index in [1.807, 2.05) is 38.2 Å². The van der Waals surface area contributed by atoms with Crippen molar-refractivity contribution in [3.8, 4) is 11.3 Å². The summed E-state index contributed by atoms with van der Waals surface area (Å²) in [4.78, 5) is 63.1. The molecule has 2 saturated heterocycles. The number of likely N-dealkylation sites (N-methyl/N-ethyl adjacent to an activating group) is 1. The first-order valence-corrected chi connectivity index (χ1v) is 25.2. The maximum atomic E-state index is 14.9. The highest BCUT2D eigenvalue weighted by Crippen LogP contribution is 2.53. The molecule has 358 valence electrons. The fraction of sp³-hybridized carbons (Fsp3) is 0.569. The summed E-state index contributed by atoms with van der Waals surface area (Å²) in [6.07, 6.45) is 4.29. The number of nitrogens with one attached hydrogen (secondary N) is 2. The van der Waals surface area contributed by atoms with E-state index in [0.717, 1.165) is 76.5 Å². The third-order valence-electron chi connectivity index (χ3n) is 14.5. The predicted molar refractivity (Wildman–Crippen MR) is 262 cm³/mol. The van der Waals surface area contributed by atoms with Crippen LogP contribution >= 0.6 is 11.8 Å². The fourth-order valence-corrected chi connectivity index (χ4v) is 11.8. The van der Waals surface area contributed by atoms with Crippen LogP contribution in [0.3, 0.4) is 0 Å². The minimum atomic E-state index is -1.11. The Balaban J connectivity index is 1.15. The van der Waals surface area contributed by atoms with Gasteiger partial charge in [-0.2, -0.15) is 0 Å². The molecule has 3 fully saturated rings. The van der Waals surface area contributed by atoms with Crippen LogP contribution in [0.1, 0.15) is 95.0 Å². The van der Waals surface area contributed by atoms with E-state index in [1.54, 1.807) is 25.1 Å². The molecular weight excluding hydrogens is 867 g/mol. The Morgan fingerprint density at radius 3 is 2.61 bits per heavy atom. The highest BCUT2D eigenvalue weighted by atomic mass is 32.2. The Kier molecular flexibility index (Phi) is 13.8. The van der Waals surface area contributed by atoms with Crippen molar-refractivity contribution >= 4 is 51.2 Å². The molecule has 67 heavy (non-hydrogen) atoms. The van der Waals surface area contributed by atoms with Gasteiger partial charge in [0.2, 0.25) is 5.91 Å². The standard InChI is InChI=1S/C51H67N9O6S/c1-9-59-40-17-16-32-24-34(40)36(45(59)35-25-33(27-53-43(35)31(4)64-8)58-22-20-57(7)21-23-58)26-51(5,6)29-66-50(63)38-15-13-19-60(56-38)49(62)44(46(65-10-2)48-54-39(32)28-67-48)55-47(61)42-30(3)41(42)37-14-11-12-18-52-37/h11-12,14,16-18,24-25,27,30-31,38-39,41-42,44,46,56H,9-10,13,15,19-23,26,28-29H2,1-8H3,(H,55,61)/t30-,31+,38+,39?,41-,42+,44+,46+/m1/s1. The molecule has 3 aromatic heterocycles. The number of rotatable bonds is 10. The first kappa shape index (κ1) is 47.2. The minimum Gasteiger partial charge on any atom is -0.464 e. The Bertz CT molecular complexity index is 2510. The average molecular weight is 934 g/mol. The van der Waals surface area contributed by atoms with Crippen molar-refractivity contribution in [2.75, 3.05) is 70.7 Å². The molecule has 7 heterocycles. The van der Waals surface area contributed by atoms with Gasteiger partial charge in [0.25, 0.3) is 5.91 Å². The lowest BCUT2D eigenvalue weighted by atomic mass is 9.84. The van der Waals surface area contributed by atoms with Crippen molar-refractivity contribution in [2.24, 2.45) is 22.2 Å². The number of aliphatic imine (C=N–C) groups is 1. The van der Waals surface area contributed by atoms with E-state index in [1.165, 1.54) is 5.01 Å². The van der Waals surface area contributed by atoms with Gasteiger partial charge in [0.05, 0.1) is 42.0 Å². The van der Waals surface area contributed by atoms with Crippen LogP contribution in [0, 0.1) is 17.3 Å². The highest BCUT2D eigenvalue weighted by Gasteiger charge is 2.54. The number of anilines is 1. The quantitative estimate of drug-likeness (QED) is 0.171. The van der Waals surface area contributed by atoms with E-state index in [9.17, 15) is 14.4 Å². The number of thioether (sulfide) groups is 1. The molecule has 1 aliphatic carbocycles. The van der Waals surface area contributed by atoms with E-state index in [0.29, 0.717) is 49.8 Å². The minimum absolute atomic E-state index is 0.0453. The van der Waals surface area contributed by atoms with Crippen LogP contribution in [0.4, 0.5) is 5.69 Å². The molecule has 4 aromatic rings. The Morgan fingerprint density at radius 2 is 1.88 bits per heavy atom. The third-order valence-corrected chi connectivity index (χ3v) is 15.6. The molecule has 5 aliphatic rings. The van der Waals surface area contributed by atoms with Gasteiger partial charge in [0.1, 0.15) is 23.2 Å². The Morgan fingerprint density at radius 1 is 1.07 bits per heavy atom. The number of amides is 2. The second-order valence-electron chi connectivity index (χ2n) is 19.7. The van der Waals surface area contributed by atoms with Crippen molar-refractivity contribution in [3.63, 3.8) is 0 Å². The second-order valence-corrected chi connectivity index (χ2v) is 20.8. The number of aryl methyl sites for hydroxylation is 1. The number of aromatic nitrogens is 3. The number of piperazine rings is 1. The van der Waals surface area contributed by atoms with Gasteiger partial charge < -0.3 is 33.9 Å². The predicted octanol–water partition coefficient (Wildman–Crippen LogP) is 6.32. The zero-order chi connectivity index (χ0) is 47.1. The van der Waals surface area contributed by atoms with Crippen LogP contribution in [-0.4, -0.2) is 131 Å². The number of benzene rings is 1. The van der Waals surface area contributed by atoms with E-state index in [4.69, 9.17) is 24.2 Å². The summed E-state index contributed by atoms with van der Waals surface area (Å²) >= 11 is 1.57. The lowest BCUT2D eigenvalue weighted by Crippen LogP contribution is -2.63. The van der Waals surface area contributed by atoms with E-state index in [-0.39, 0.29) is 48.3 Å². The summed E-state index contributed by atoms with van der Waals surface area (Å²) in [5.41, 5.74) is 10.9. The van der Waals surface area contributed by atoms with Gasteiger partial charge in [-0.15, -0.1) is 11.8 Å². The molecule has 1 unspecified atom stereocenters. The van der Waals surface area contributed by atoms with Crippen LogP contribution in [0.2, 0.25) is 0 Å². The number of hydrogen-bond donors (Lipinski definition) is 2. The number of nitrogens with zero attached hydrogens (tertiary/aromatic N) is 7. The molecule has 9 rings (SSSR count). The fourth-order valence-electron chi connectivity index (χ4n) is 10.6. The first-order valence-electron chi connectivity index (χ1n) is 24.2. The number of hydrazine groups is 1. The Labute approximate surface area is 398 Å². The molecule has 2 amide bonds. The van der Waals surface area contributed by atoms with Gasteiger partial charge in [-0.3, -0.25) is 34.4 Å². The molecular formula is C51H67N9O6S. The van der Waals surface area contributed by atoms with Crippen LogP contribution in [0.15, 0.2) is 59.9 Å². The summed E-state index contributed by atoms with van der Waals surface area (Å²) in [7, 11) is 3.90. The van der Waals surface area contributed by atoms with Crippen molar-refractivity contribution in [3.05, 3.63) is 77.4 Å². The largest absolute Gasteiger partial charge is 0.464 e. The maximum Gasteiger partial charge on any atom is 0.324 e. The van der Waals surface area contributed by atoms with Gasteiger partial charge in [-0.25, -0.2) is 5.43 Å². The zero-order valence-corrected chi connectivity index (χ0v) is 41.1. The van der Waals surface area contributed by atoms with Crippen molar-refractivity contribution in [1.29, 1.82) is 0 Å². The summed E-state index contributed by atoms with van der Waals surface area (Å²) in [6, 6.07) is 12.6. The molecule has 8 atom stereocenters. The number of carbonyl (C=O) groups is 3. The smallest absolute Gasteiger partial charge is 0.324 e. The average Bonchev–Trinajstić information content (AvgIpc) is 3.62. The summed E-state index contributed by atoms with van der Waals surface area (Å²) in [5.74, 6) is -0.764. The van der Waals surface area contributed by atoms with Crippen LogP contribution < -0.4 is 15.6 Å². The highest BCUT2D eigenvalue weighted by molar-refractivity contribution is 8.14. The molecule has 1 aromatic carbocycles. The van der Waals surface area contributed by atoms with Gasteiger partial charge in [-0.1, -0.05) is 32.9 Å². The van der Waals surface area contributed by atoms with Crippen LogP contribution in [0.25, 0.3) is 22.2 Å². The lowest BCUT2D eigenvalue weighted by molar-refractivity contribution is -0.156. The normalized spacial score (nSPS) is 27.3. The SMILES string of the molecule is CCO[C@@H]1C2=NC(CS2)c2ccc3c(c2)c(c(-c2cc(N4CCN(C)CC4)cnc2[C@H](C)OC)n3CC)CC(C)(C)COC(=O)[C@@H]2CCCN(N2)C(=O)[C@H]1NC(=O)[C@H]1[C@H](C)[C@@H]1c1ccccn1. The third kappa shape index (κ3) is 9.48. The van der Waals surface area contributed by atoms with E-state index in [2.05, 4.69) is 89.1 Å². The number of methoxy groups -OCH3 is 1. The molecule has 15 nitrogen and oxygen atoms in total. The molecule has 0 radical (unpaired) electrons. The van der Waals surface area contributed by atoms with Gasteiger partial charge in [0.15, 0.2) is 0 Å². The van der Waals surface area contributed by atoms with Crippen LogP contribution in [-0.2, 0) is 41.6 Å². The van der Waals surface area contributed by atoms with Gasteiger partial charge in [-0.05, 0) is 94.5 Å². The lowest BCUT2D eigenvalue weighted by Gasteiger charge is -2.37. The molecule has 2 N–H and O–H groups in total. The summed E-state index contributed by atoms with van der Waals surface area (Å²) in [5, 5.41) is 6.41. The number of hydrogen-bond acceptors (Lipinski definition) is 13. The van der Waals surface area contributed by atoms with E-state index >= 15 is 0 Å². The van der Waals surface area contributed by atoms with Crippen molar-refractivity contribution in [1.82, 2.24) is 35.2 Å². The summed E-state index contributed by atoms with van der Waals surface area (Å²) < 4.78 is 21.1. The zero-order valence-electron chi connectivity index (χ0n) is 40.3.